The van der Waals surface area contributed by atoms with E-state index >= 15 is 0 Å². The summed E-state index contributed by atoms with van der Waals surface area (Å²) in [6, 6.07) is 10.1. The SMILES string of the molecule is CN(Cc1ccccc1)C(=O)N1CCN(C(=O)CCC2CCNCC2)CC1.Cl. The molecule has 0 spiro atoms. The fourth-order valence-corrected chi connectivity index (χ4v) is 3.97. The summed E-state index contributed by atoms with van der Waals surface area (Å²) >= 11 is 0. The highest BCUT2D eigenvalue weighted by Gasteiger charge is 2.26. The molecule has 2 fully saturated rings. The van der Waals surface area contributed by atoms with E-state index in [0.29, 0.717) is 45.1 Å². The first-order valence-electron chi connectivity index (χ1n) is 10.2. The molecule has 7 heteroatoms. The molecule has 2 saturated heterocycles. The molecule has 0 radical (unpaired) electrons. The lowest BCUT2D eigenvalue weighted by molar-refractivity contribution is -0.133. The maximum absolute atomic E-state index is 12.7. The third-order valence-electron chi connectivity index (χ3n) is 5.72. The van der Waals surface area contributed by atoms with Crippen LogP contribution in [0.25, 0.3) is 0 Å². The van der Waals surface area contributed by atoms with Gasteiger partial charge in [-0.05, 0) is 43.8 Å². The maximum Gasteiger partial charge on any atom is 0.320 e. The van der Waals surface area contributed by atoms with E-state index in [1.165, 1.54) is 12.8 Å². The lowest BCUT2D eigenvalue weighted by Gasteiger charge is -2.37. The number of benzene rings is 1. The van der Waals surface area contributed by atoms with Gasteiger partial charge in [-0.2, -0.15) is 0 Å². The second kappa shape index (κ2) is 11.3. The normalized spacial score (nSPS) is 17.8. The Morgan fingerprint density at radius 3 is 2.29 bits per heavy atom. The number of nitrogens with zero attached hydrogens (tertiary/aromatic N) is 3. The van der Waals surface area contributed by atoms with Crippen molar-refractivity contribution in [2.75, 3.05) is 46.3 Å². The van der Waals surface area contributed by atoms with Crippen LogP contribution in [0.15, 0.2) is 30.3 Å². The molecule has 3 rings (SSSR count). The Hall–Kier alpha value is -1.79. The van der Waals surface area contributed by atoms with Crippen molar-refractivity contribution in [3.8, 4) is 0 Å². The van der Waals surface area contributed by atoms with Crippen molar-refractivity contribution >= 4 is 24.3 Å². The molecule has 0 saturated carbocycles. The number of hydrogen-bond donors (Lipinski definition) is 1. The molecule has 1 aromatic rings. The Morgan fingerprint density at radius 1 is 1.04 bits per heavy atom. The van der Waals surface area contributed by atoms with E-state index in [1.54, 1.807) is 4.90 Å². The van der Waals surface area contributed by atoms with Crippen LogP contribution in [0.5, 0.6) is 0 Å². The monoisotopic (exact) mass is 408 g/mol. The summed E-state index contributed by atoms with van der Waals surface area (Å²) in [6.07, 6.45) is 4.01. The lowest BCUT2D eigenvalue weighted by Crippen LogP contribution is -2.53. The maximum atomic E-state index is 12.7. The first-order valence-corrected chi connectivity index (χ1v) is 10.2. The first-order chi connectivity index (χ1) is 13.1. The number of piperidine rings is 1. The standard InChI is InChI=1S/C21H32N4O2.ClH/c1-23(17-19-5-3-2-4-6-19)21(27)25-15-13-24(14-16-25)20(26)8-7-18-9-11-22-12-10-18;/h2-6,18,22H,7-17H2,1H3;1H. The summed E-state index contributed by atoms with van der Waals surface area (Å²) in [5, 5.41) is 3.37. The topological polar surface area (TPSA) is 55.9 Å². The van der Waals surface area contributed by atoms with Crippen LogP contribution in [0.1, 0.15) is 31.2 Å². The predicted octanol–water partition coefficient (Wildman–Crippen LogP) is 2.58. The van der Waals surface area contributed by atoms with Gasteiger partial charge in [0.05, 0.1) is 0 Å². The van der Waals surface area contributed by atoms with E-state index in [1.807, 2.05) is 47.2 Å². The second-order valence-electron chi connectivity index (χ2n) is 7.72. The predicted molar refractivity (Wildman–Crippen MR) is 114 cm³/mol. The van der Waals surface area contributed by atoms with Gasteiger partial charge in [-0.3, -0.25) is 4.79 Å². The molecule has 0 aliphatic carbocycles. The van der Waals surface area contributed by atoms with Crippen LogP contribution in [0.3, 0.4) is 0 Å². The summed E-state index contributed by atoms with van der Waals surface area (Å²) in [6.45, 7) is 5.31. The number of halogens is 1. The molecule has 0 bridgehead atoms. The van der Waals surface area contributed by atoms with Gasteiger partial charge >= 0.3 is 6.03 Å². The third-order valence-corrected chi connectivity index (χ3v) is 5.72. The van der Waals surface area contributed by atoms with Crippen LogP contribution in [-0.4, -0.2) is 73.0 Å². The zero-order valence-corrected chi connectivity index (χ0v) is 17.6. The zero-order chi connectivity index (χ0) is 19.1. The van der Waals surface area contributed by atoms with Crippen molar-refractivity contribution in [3.63, 3.8) is 0 Å². The van der Waals surface area contributed by atoms with Crippen molar-refractivity contribution in [1.82, 2.24) is 20.0 Å². The van der Waals surface area contributed by atoms with Gasteiger partial charge in [0.1, 0.15) is 0 Å². The minimum atomic E-state index is 0. The highest BCUT2D eigenvalue weighted by Crippen LogP contribution is 2.19. The molecule has 6 nitrogen and oxygen atoms in total. The number of carbonyl (C=O) groups is 2. The molecular weight excluding hydrogens is 376 g/mol. The Bertz CT molecular complexity index is 614. The van der Waals surface area contributed by atoms with Gasteiger partial charge in [0.2, 0.25) is 5.91 Å². The van der Waals surface area contributed by atoms with Crippen LogP contribution < -0.4 is 5.32 Å². The minimum absolute atomic E-state index is 0. The molecule has 0 unspecified atom stereocenters. The van der Waals surface area contributed by atoms with Crippen molar-refractivity contribution in [3.05, 3.63) is 35.9 Å². The molecule has 156 valence electrons. The van der Waals surface area contributed by atoms with E-state index in [4.69, 9.17) is 0 Å². The average molecular weight is 409 g/mol. The van der Waals surface area contributed by atoms with E-state index in [0.717, 1.165) is 25.1 Å². The molecule has 0 aromatic heterocycles. The Kier molecular flexibility index (Phi) is 9.06. The summed E-state index contributed by atoms with van der Waals surface area (Å²) < 4.78 is 0. The largest absolute Gasteiger partial charge is 0.339 e. The molecule has 2 aliphatic heterocycles. The fraction of sp³-hybridized carbons (Fsp3) is 0.619. The molecular formula is C21H33ClN4O2. The third kappa shape index (κ3) is 6.38. The number of carbonyl (C=O) groups excluding carboxylic acids is 2. The van der Waals surface area contributed by atoms with Crippen molar-refractivity contribution in [1.29, 1.82) is 0 Å². The Labute approximate surface area is 174 Å². The molecule has 1 N–H and O–H groups in total. The summed E-state index contributed by atoms with van der Waals surface area (Å²) in [4.78, 5) is 30.7. The number of hydrogen-bond acceptors (Lipinski definition) is 3. The highest BCUT2D eigenvalue weighted by molar-refractivity contribution is 5.85. The fourth-order valence-electron chi connectivity index (χ4n) is 3.97. The molecule has 3 amide bonds. The van der Waals surface area contributed by atoms with Crippen LogP contribution in [0.2, 0.25) is 0 Å². The number of nitrogens with one attached hydrogen (secondary N) is 1. The van der Waals surface area contributed by atoms with Gasteiger partial charge in [0.25, 0.3) is 0 Å². The van der Waals surface area contributed by atoms with Crippen LogP contribution in [0.4, 0.5) is 4.79 Å². The molecule has 2 aliphatic rings. The van der Waals surface area contributed by atoms with Crippen molar-refractivity contribution < 1.29 is 9.59 Å². The van der Waals surface area contributed by atoms with E-state index in [9.17, 15) is 9.59 Å². The molecule has 2 heterocycles. The van der Waals surface area contributed by atoms with E-state index in [-0.39, 0.29) is 24.3 Å². The van der Waals surface area contributed by atoms with Gasteiger partial charge in [0.15, 0.2) is 0 Å². The number of amides is 3. The van der Waals surface area contributed by atoms with E-state index in [2.05, 4.69) is 5.32 Å². The summed E-state index contributed by atoms with van der Waals surface area (Å²) in [5.74, 6) is 0.933. The molecule has 1 aromatic carbocycles. The van der Waals surface area contributed by atoms with Crippen LogP contribution >= 0.6 is 12.4 Å². The minimum Gasteiger partial charge on any atom is -0.339 e. The smallest absolute Gasteiger partial charge is 0.320 e. The Morgan fingerprint density at radius 2 is 1.64 bits per heavy atom. The molecule has 28 heavy (non-hydrogen) atoms. The number of urea groups is 1. The molecule has 0 atom stereocenters. The quantitative estimate of drug-likeness (QED) is 0.814. The summed E-state index contributed by atoms with van der Waals surface area (Å²) in [5.41, 5.74) is 1.13. The van der Waals surface area contributed by atoms with Gasteiger partial charge < -0.3 is 20.0 Å². The van der Waals surface area contributed by atoms with Gasteiger partial charge in [-0.25, -0.2) is 4.79 Å². The van der Waals surface area contributed by atoms with E-state index < -0.39 is 0 Å². The van der Waals surface area contributed by atoms with Crippen LogP contribution in [-0.2, 0) is 11.3 Å². The van der Waals surface area contributed by atoms with Gasteiger partial charge in [-0.15, -0.1) is 12.4 Å². The lowest BCUT2D eigenvalue weighted by atomic mass is 9.93. The Balaban J connectivity index is 0.00000280. The zero-order valence-electron chi connectivity index (χ0n) is 16.8. The average Bonchev–Trinajstić information content (AvgIpc) is 2.73. The van der Waals surface area contributed by atoms with Gasteiger partial charge in [0, 0.05) is 46.2 Å². The summed E-state index contributed by atoms with van der Waals surface area (Å²) in [7, 11) is 1.84. The van der Waals surface area contributed by atoms with Crippen LogP contribution in [0, 0.1) is 5.92 Å². The number of rotatable bonds is 5. The van der Waals surface area contributed by atoms with Crippen molar-refractivity contribution in [2.45, 2.75) is 32.2 Å². The number of piperazine rings is 1. The van der Waals surface area contributed by atoms with Crippen molar-refractivity contribution in [2.24, 2.45) is 5.92 Å². The first kappa shape index (κ1) is 22.5. The highest BCUT2D eigenvalue weighted by atomic mass is 35.5. The second-order valence-corrected chi connectivity index (χ2v) is 7.72. The van der Waals surface area contributed by atoms with Gasteiger partial charge in [-0.1, -0.05) is 30.3 Å².